The van der Waals surface area contributed by atoms with Crippen molar-refractivity contribution in [3.8, 4) is 11.5 Å². The van der Waals surface area contributed by atoms with Crippen LogP contribution in [-0.2, 0) is 6.61 Å². The number of halogens is 1. The summed E-state index contributed by atoms with van der Waals surface area (Å²) in [7, 11) is 1.55. The molecular weight excluding hydrogens is 277 g/mol. The van der Waals surface area contributed by atoms with Gasteiger partial charge in [-0.05, 0) is 18.2 Å². The second-order valence-electron chi connectivity index (χ2n) is 4.11. The molecule has 0 aliphatic heterocycles. The van der Waals surface area contributed by atoms with Gasteiger partial charge in [-0.1, -0.05) is 30.4 Å². The van der Waals surface area contributed by atoms with Crippen molar-refractivity contribution >= 4 is 17.2 Å². The van der Waals surface area contributed by atoms with Gasteiger partial charge in [0.25, 0.3) is 0 Å². The van der Waals surface area contributed by atoms with Crippen LogP contribution in [0, 0.1) is 5.82 Å². The topological polar surface area (TPSA) is 44.5 Å². The van der Waals surface area contributed by atoms with Crippen LogP contribution in [0.4, 0.5) is 4.39 Å². The van der Waals surface area contributed by atoms with E-state index in [4.69, 9.17) is 27.4 Å². The first kappa shape index (κ1) is 14.3. The summed E-state index contributed by atoms with van der Waals surface area (Å²) in [5.74, 6) is 0.779. The van der Waals surface area contributed by atoms with Gasteiger partial charge in [-0.25, -0.2) is 4.39 Å². The fourth-order valence-corrected chi connectivity index (χ4v) is 1.89. The Hall–Kier alpha value is -2.14. The fraction of sp³-hybridized carbons (Fsp3) is 0.133. The van der Waals surface area contributed by atoms with Gasteiger partial charge in [0, 0.05) is 11.6 Å². The highest BCUT2D eigenvalue weighted by Crippen LogP contribution is 2.26. The molecule has 20 heavy (non-hydrogen) atoms. The van der Waals surface area contributed by atoms with E-state index in [0.29, 0.717) is 22.6 Å². The summed E-state index contributed by atoms with van der Waals surface area (Å²) in [5.41, 5.74) is 6.70. The minimum absolute atomic E-state index is 0.0927. The number of rotatable bonds is 5. The fourth-order valence-electron chi connectivity index (χ4n) is 1.72. The molecule has 0 saturated carbocycles. The molecule has 0 bridgehead atoms. The van der Waals surface area contributed by atoms with E-state index in [9.17, 15) is 4.39 Å². The molecule has 0 fully saturated rings. The van der Waals surface area contributed by atoms with Gasteiger partial charge in [-0.2, -0.15) is 0 Å². The van der Waals surface area contributed by atoms with E-state index < -0.39 is 0 Å². The van der Waals surface area contributed by atoms with E-state index in [2.05, 4.69) is 0 Å². The number of hydrogen-bond donors (Lipinski definition) is 1. The second-order valence-corrected chi connectivity index (χ2v) is 4.55. The van der Waals surface area contributed by atoms with Gasteiger partial charge in [0.05, 0.1) is 12.7 Å². The third-order valence-electron chi connectivity index (χ3n) is 2.80. The highest BCUT2D eigenvalue weighted by Gasteiger charge is 2.10. The van der Waals surface area contributed by atoms with Crippen molar-refractivity contribution in [2.75, 3.05) is 7.11 Å². The highest BCUT2D eigenvalue weighted by atomic mass is 32.1. The molecule has 104 valence electrons. The van der Waals surface area contributed by atoms with Crippen molar-refractivity contribution in [3.63, 3.8) is 0 Å². The van der Waals surface area contributed by atoms with Crippen LogP contribution in [0.3, 0.4) is 0 Å². The molecule has 3 nitrogen and oxygen atoms in total. The molecule has 0 heterocycles. The van der Waals surface area contributed by atoms with Crippen LogP contribution >= 0.6 is 12.2 Å². The minimum atomic E-state index is -0.313. The first-order valence-electron chi connectivity index (χ1n) is 5.96. The summed E-state index contributed by atoms with van der Waals surface area (Å²) in [6, 6.07) is 11.6. The average Bonchev–Trinajstić information content (AvgIpc) is 2.46. The zero-order chi connectivity index (χ0) is 14.5. The SMILES string of the molecule is COc1ccc(C(N)=S)c(OCc2ccccc2F)c1. The average molecular weight is 291 g/mol. The molecule has 2 rings (SSSR count). The Bertz CT molecular complexity index is 631. The number of benzene rings is 2. The molecule has 0 atom stereocenters. The van der Waals surface area contributed by atoms with E-state index in [1.165, 1.54) is 6.07 Å². The molecule has 0 amide bonds. The zero-order valence-corrected chi connectivity index (χ0v) is 11.7. The number of thiocarbonyl (C=S) groups is 1. The molecule has 2 N–H and O–H groups in total. The van der Waals surface area contributed by atoms with Gasteiger partial charge in [0.15, 0.2) is 0 Å². The summed E-state index contributed by atoms with van der Waals surface area (Å²) in [4.78, 5) is 0.219. The maximum absolute atomic E-state index is 13.5. The molecular formula is C15H14FNO2S. The molecule has 0 aliphatic carbocycles. The maximum atomic E-state index is 13.5. The lowest BCUT2D eigenvalue weighted by atomic mass is 10.2. The van der Waals surface area contributed by atoms with Crippen molar-refractivity contribution in [1.29, 1.82) is 0 Å². The Morgan fingerprint density at radius 1 is 1.25 bits per heavy atom. The van der Waals surface area contributed by atoms with Crippen LogP contribution in [0.5, 0.6) is 11.5 Å². The Labute approximate surface area is 122 Å². The monoisotopic (exact) mass is 291 g/mol. The van der Waals surface area contributed by atoms with Gasteiger partial charge >= 0.3 is 0 Å². The first-order chi connectivity index (χ1) is 9.61. The third-order valence-corrected chi connectivity index (χ3v) is 3.02. The van der Waals surface area contributed by atoms with Crippen LogP contribution in [0.25, 0.3) is 0 Å². The number of nitrogens with two attached hydrogens (primary N) is 1. The maximum Gasteiger partial charge on any atom is 0.133 e. The minimum Gasteiger partial charge on any atom is -0.497 e. The summed E-state index contributed by atoms with van der Waals surface area (Å²) < 4.78 is 24.3. The molecule has 0 saturated heterocycles. The van der Waals surface area contributed by atoms with Gasteiger partial charge in [0.2, 0.25) is 0 Å². The Balaban J connectivity index is 2.24. The lowest BCUT2D eigenvalue weighted by molar-refractivity contribution is 0.297. The lowest BCUT2D eigenvalue weighted by Crippen LogP contribution is -2.12. The molecule has 5 heteroatoms. The van der Waals surface area contributed by atoms with E-state index in [1.54, 1.807) is 43.5 Å². The Kier molecular flexibility index (Phi) is 4.53. The molecule has 0 spiro atoms. The van der Waals surface area contributed by atoms with Crippen LogP contribution in [-0.4, -0.2) is 12.1 Å². The van der Waals surface area contributed by atoms with Gasteiger partial charge in [-0.3, -0.25) is 0 Å². The Morgan fingerprint density at radius 2 is 2.00 bits per heavy atom. The molecule has 0 aliphatic rings. The van der Waals surface area contributed by atoms with Crippen molar-refractivity contribution in [2.45, 2.75) is 6.61 Å². The first-order valence-corrected chi connectivity index (χ1v) is 6.36. The lowest BCUT2D eigenvalue weighted by Gasteiger charge is -2.12. The van der Waals surface area contributed by atoms with Crippen LogP contribution in [0.15, 0.2) is 42.5 Å². The van der Waals surface area contributed by atoms with Crippen LogP contribution in [0.1, 0.15) is 11.1 Å². The Morgan fingerprint density at radius 3 is 2.65 bits per heavy atom. The van der Waals surface area contributed by atoms with Crippen molar-refractivity contribution in [3.05, 3.63) is 59.4 Å². The number of hydrogen-bond acceptors (Lipinski definition) is 3. The molecule has 0 radical (unpaired) electrons. The summed E-state index contributed by atoms with van der Waals surface area (Å²) >= 11 is 4.97. The number of methoxy groups -OCH3 is 1. The molecule has 0 aromatic heterocycles. The molecule has 0 unspecified atom stereocenters. The smallest absolute Gasteiger partial charge is 0.133 e. The normalized spacial score (nSPS) is 10.1. The van der Waals surface area contributed by atoms with Crippen molar-refractivity contribution < 1.29 is 13.9 Å². The second kappa shape index (κ2) is 6.34. The summed E-state index contributed by atoms with van der Waals surface area (Å²) in [6.45, 7) is 0.0927. The van der Waals surface area contributed by atoms with Gasteiger partial charge in [0.1, 0.15) is 28.9 Å². The largest absolute Gasteiger partial charge is 0.497 e. The third kappa shape index (κ3) is 3.24. The van der Waals surface area contributed by atoms with Gasteiger partial charge < -0.3 is 15.2 Å². The van der Waals surface area contributed by atoms with E-state index >= 15 is 0 Å². The predicted molar refractivity (Wildman–Crippen MR) is 79.6 cm³/mol. The van der Waals surface area contributed by atoms with E-state index in [1.807, 2.05) is 0 Å². The van der Waals surface area contributed by atoms with Crippen molar-refractivity contribution in [2.24, 2.45) is 5.73 Å². The highest BCUT2D eigenvalue weighted by molar-refractivity contribution is 7.80. The summed E-state index contributed by atoms with van der Waals surface area (Å²) in [6.07, 6.45) is 0. The van der Waals surface area contributed by atoms with Crippen molar-refractivity contribution in [1.82, 2.24) is 0 Å². The quantitative estimate of drug-likeness (QED) is 0.860. The zero-order valence-electron chi connectivity index (χ0n) is 10.9. The van der Waals surface area contributed by atoms with E-state index in [0.717, 1.165) is 0 Å². The standard InChI is InChI=1S/C15H14FNO2S/c1-18-11-6-7-12(15(17)20)14(8-11)19-9-10-4-2-3-5-13(10)16/h2-8H,9H2,1H3,(H2,17,20). The molecule has 2 aromatic rings. The van der Waals surface area contributed by atoms with Crippen LogP contribution < -0.4 is 15.2 Å². The molecule has 2 aromatic carbocycles. The van der Waals surface area contributed by atoms with Gasteiger partial charge in [-0.15, -0.1) is 0 Å². The van der Waals surface area contributed by atoms with Crippen LogP contribution in [0.2, 0.25) is 0 Å². The number of ether oxygens (including phenoxy) is 2. The summed E-state index contributed by atoms with van der Waals surface area (Å²) in [5, 5.41) is 0. The predicted octanol–water partition coefficient (Wildman–Crippen LogP) is 3.05. The van der Waals surface area contributed by atoms with E-state index in [-0.39, 0.29) is 17.4 Å².